The standard InChI is InChI=1S/C27H28N4O6S/c1-34-21-8-5-17(13-23(21)36-3)20-7-10-26(33)31(30-20)15-25(32)28-12-11-19-16-38-27(29-19)18-6-9-22(35-2)24(14-18)37-4/h5-10,13-14,16H,11-12,15H2,1-4H3,(H,28,32). The first-order valence-corrected chi connectivity index (χ1v) is 12.6. The fourth-order valence-electron chi connectivity index (χ4n) is 3.76. The predicted octanol–water partition coefficient (Wildman–Crippen LogP) is 3.43. The number of nitrogens with one attached hydrogen (secondary N) is 1. The van der Waals surface area contributed by atoms with Crippen LogP contribution in [0.1, 0.15) is 5.69 Å². The molecule has 0 fully saturated rings. The molecule has 0 saturated carbocycles. The molecule has 0 radical (unpaired) electrons. The summed E-state index contributed by atoms with van der Waals surface area (Å²) in [5, 5.41) is 9.99. The maximum atomic E-state index is 12.6. The molecule has 11 heteroatoms. The highest BCUT2D eigenvalue weighted by atomic mass is 32.1. The van der Waals surface area contributed by atoms with Gasteiger partial charge in [-0.05, 0) is 42.5 Å². The van der Waals surface area contributed by atoms with E-state index < -0.39 is 0 Å². The first-order chi connectivity index (χ1) is 18.4. The number of thiazole rings is 1. The molecular weight excluding hydrogens is 508 g/mol. The molecule has 38 heavy (non-hydrogen) atoms. The summed E-state index contributed by atoms with van der Waals surface area (Å²) in [6, 6.07) is 14.0. The van der Waals surface area contributed by atoms with Gasteiger partial charge in [0.1, 0.15) is 11.6 Å². The van der Waals surface area contributed by atoms with Gasteiger partial charge in [0.2, 0.25) is 5.91 Å². The first-order valence-electron chi connectivity index (χ1n) is 11.7. The quantitative estimate of drug-likeness (QED) is 0.310. The van der Waals surface area contributed by atoms with Crippen molar-refractivity contribution in [3.8, 4) is 44.8 Å². The van der Waals surface area contributed by atoms with E-state index in [1.807, 2.05) is 29.6 Å². The van der Waals surface area contributed by atoms with Gasteiger partial charge in [-0.2, -0.15) is 5.10 Å². The smallest absolute Gasteiger partial charge is 0.267 e. The van der Waals surface area contributed by atoms with Crippen molar-refractivity contribution in [2.75, 3.05) is 35.0 Å². The highest BCUT2D eigenvalue weighted by Crippen LogP contribution is 2.34. The number of methoxy groups -OCH3 is 4. The molecule has 0 bridgehead atoms. The zero-order valence-corrected chi connectivity index (χ0v) is 22.3. The topological polar surface area (TPSA) is 114 Å². The lowest BCUT2D eigenvalue weighted by Gasteiger charge is -2.11. The summed E-state index contributed by atoms with van der Waals surface area (Å²) < 4.78 is 22.4. The van der Waals surface area contributed by atoms with Crippen molar-refractivity contribution in [3.63, 3.8) is 0 Å². The summed E-state index contributed by atoms with van der Waals surface area (Å²) >= 11 is 1.51. The van der Waals surface area contributed by atoms with E-state index in [-0.39, 0.29) is 18.0 Å². The molecule has 0 aliphatic carbocycles. The van der Waals surface area contributed by atoms with E-state index in [0.29, 0.717) is 41.7 Å². The Balaban J connectivity index is 1.36. The molecule has 10 nitrogen and oxygen atoms in total. The molecule has 0 spiro atoms. The number of benzene rings is 2. The van der Waals surface area contributed by atoms with E-state index in [2.05, 4.69) is 15.4 Å². The van der Waals surface area contributed by atoms with Crippen LogP contribution in [0.5, 0.6) is 23.0 Å². The Kier molecular flexibility index (Phi) is 8.59. The first kappa shape index (κ1) is 26.7. The third-order valence-electron chi connectivity index (χ3n) is 5.72. The average molecular weight is 537 g/mol. The van der Waals surface area contributed by atoms with E-state index in [1.54, 1.807) is 46.6 Å². The van der Waals surface area contributed by atoms with Crippen LogP contribution in [-0.4, -0.2) is 55.7 Å². The van der Waals surface area contributed by atoms with Gasteiger partial charge in [0.05, 0.1) is 39.8 Å². The minimum absolute atomic E-state index is 0.200. The molecule has 0 saturated heterocycles. The monoisotopic (exact) mass is 536 g/mol. The van der Waals surface area contributed by atoms with Crippen LogP contribution in [0.15, 0.2) is 58.7 Å². The molecule has 0 aliphatic rings. The Morgan fingerprint density at radius 2 is 1.50 bits per heavy atom. The molecule has 4 aromatic rings. The molecule has 4 rings (SSSR count). The fraction of sp³-hybridized carbons (Fsp3) is 0.259. The van der Waals surface area contributed by atoms with E-state index >= 15 is 0 Å². The number of hydrogen-bond acceptors (Lipinski definition) is 9. The molecule has 1 N–H and O–H groups in total. The molecule has 2 aromatic heterocycles. The van der Waals surface area contributed by atoms with Crippen LogP contribution < -0.4 is 29.8 Å². The lowest BCUT2D eigenvalue weighted by molar-refractivity contribution is -0.121. The number of ether oxygens (including phenoxy) is 4. The number of amides is 1. The number of carbonyl (C=O) groups excluding carboxylic acids is 1. The van der Waals surface area contributed by atoms with Crippen LogP contribution in [0.2, 0.25) is 0 Å². The van der Waals surface area contributed by atoms with Gasteiger partial charge < -0.3 is 24.3 Å². The van der Waals surface area contributed by atoms with Crippen molar-refractivity contribution in [2.24, 2.45) is 0 Å². The summed E-state index contributed by atoms with van der Waals surface area (Å²) in [6.45, 7) is 0.173. The summed E-state index contributed by atoms with van der Waals surface area (Å²) in [5.74, 6) is 2.09. The Hall–Kier alpha value is -4.38. The number of aromatic nitrogens is 3. The minimum atomic E-state index is -0.372. The van der Waals surface area contributed by atoms with Gasteiger partial charge in [0, 0.05) is 35.5 Å². The summed E-state index contributed by atoms with van der Waals surface area (Å²) in [7, 11) is 6.28. The Morgan fingerprint density at radius 1 is 0.868 bits per heavy atom. The van der Waals surface area contributed by atoms with Gasteiger partial charge >= 0.3 is 0 Å². The van der Waals surface area contributed by atoms with Crippen molar-refractivity contribution in [3.05, 3.63) is 70.0 Å². The molecule has 198 valence electrons. The van der Waals surface area contributed by atoms with Gasteiger partial charge in [0.25, 0.3) is 5.56 Å². The largest absolute Gasteiger partial charge is 0.493 e. The van der Waals surface area contributed by atoms with Crippen LogP contribution in [0, 0.1) is 0 Å². The lowest BCUT2D eigenvalue weighted by atomic mass is 10.1. The molecule has 2 aromatic carbocycles. The maximum absolute atomic E-state index is 12.6. The van der Waals surface area contributed by atoms with Crippen LogP contribution in [0.25, 0.3) is 21.8 Å². The third-order valence-corrected chi connectivity index (χ3v) is 6.67. The van der Waals surface area contributed by atoms with Crippen LogP contribution in [-0.2, 0) is 17.8 Å². The van der Waals surface area contributed by atoms with Gasteiger partial charge in [-0.1, -0.05) is 0 Å². The normalized spacial score (nSPS) is 10.6. The summed E-state index contributed by atoms with van der Waals surface area (Å²) in [5.41, 5.74) is 2.66. The molecule has 0 atom stereocenters. The van der Waals surface area contributed by atoms with Crippen molar-refractivity contribution in [1.29, 1.82) is 0 Å². The van der Waals surface area contributed by atoms with Crippen LogP contribution >= 0.6 is 11.3 Å². The van der Waals surface area contributed by atoms with Crippen molar-refractivity contribution in [2.45, 2.75) is 13.0 Å². The van der Waals surface area contributed by atoms with Crippen molar-refractivity contribution in [1.82, 2.24) is 20.1 Å². The van der Waals surface area contributed by atoms with Gasteiger partial charge in [-0.15, -0.1) is 11.3 Å². The second kappa shape index (κ2) is 12.2. The summed E-state index contributed by atoms with van der Waals surface area (Å²) in [6.07, 6.45) is 0.545. The molecule has 0 unspecified atom stereocenters. The van der Waals surface area contributed by atoms with Crippen LogP contribution in [0.4, 0.5) is 0 Å². The minimum Gasteiger partial charge on any atom is -0.493 e. The number of rotatable bonds is 11. The molecule has 2 heterocycles. The van der Waals surface area contributed by atoms with E-state index in [0.717, 1.165) is 26.5 Å². The van der Waals surface area contributed by atoms with Crippen LogP contribution in [0.3, 0.4) is 0 Å². The molecule has 1 amide bonds. The predicted molar refractivity (Wildman–Crippen MR) is 144 cm³/mol. The molecule has 0 aliphatic heterocycles. The SMILES string of the molecule is COc1ccc(-c2ccc(=O)n(CC(=O)NCCc3csc(-c4ccc(OC)c(OC)c4)n3)n2)cc1OC. The van der Waals surface area contributed by atoms with Gasteiger partial charge in [-0.25, -0.2) is 9.67 Å². The highest BCUT2D eigenvalue weighted by Gasteiger charge is 2.12. The lowest BCUT2D eigenvalue weighted by Crippen LogP contribution is -2.34. The second-order valence-corrected chi connectivity index (χ2v) is 8.96. The summed E-state index contributed by atoms with van der Waals surface area (Å²) in [4.78, 5) is 29.5. The Labute approximate surface area is 223 Å². The van der Waals surface area contributed by atoms with Crippen molar-refractivity contribution < 1.29 is 23.7 Å². The van der Waals surface area contributed by atoms with E-state index in [9.17, 15) is 9.59 Å². The third kappa shape index (κ3) is 6.12. The van der Waals surface area contributed by atoms with E-state index in [4.69, 9.17) is 18.9 Å². The highest BCUT2D eigenvalue weighted by molar-refractivity contribution is 7.13. The number of nitrogens with zero attached hydrogens (tertiary/aromatic N) is 3. The van der Waals surface area contributed by atoms with E-state index in [1.165, 1.54) is 17.4 Å². The maximum Gasteiger partial charge on any atom is 0.267 e. The van der Waals surface area contributed by atoms with Crippen molar-refractivity contribution >= 4 is 17.2 Å². The Morgan fingerprint density at radius 3 is 2.16 bits per heavy atom. The zero-order valence-electron chi connectivity index (χ0n) is 21.5. The van der Waals surface area contributed by atoms with Gasteiger partial charge in [0.15, 0.2) is 23.0 Å². The zero-order chi connectivity index (χ0) is 27.1. The Bertz CT molecular complexity index is 1480. The number of hydrogen-bond donors (Lipinski definition) is 1. The average Bonchev–Trinajstić information content (AvgIpc) is 3.42. The second-order valence-electron chi connectivity index (χ2n) is 8.10. The van der Waals surface area contributed by atoms with Gasteiger partial charge in [-0.3, -0.25) is 9.59 Å². The molecular formula is C27H28N4O6S. The fourth-order valence-corrected chi connectivity index (χ4v) is 4.61. The number of carbonyl (C=O) groups is 1.